The van der Waals surface area contributed by atoms with Crippen LogP contribution in [0.3, 0.4) is 0 Å². The van der Waals surface area contributed by atoms with Crippen molar-refractivity contribution in [1.82, 2.24) is 30.8 Å². The molecule has 3 heterocycles. The summed E-state index contributed by atoms with van der Waals surface area (Å²) in [6.45, 7) is 1.29. The summed E-state index contributed by atoms with van der Waals surface area (Å²) in [5.74, 6) is 2.71. The van der Waals surface area contributed by atoms with E-state index < -0.39 is 0 Å². The zero-order valence-corrected chi connectivity index (χ0v) is 16.1. The average molecular weight is 453 g/mol. The van der Waals surface area contributed by atoms with E-state index in [-0.39, 0.29) is 24.0 Å². The fourth-order valence-corrected chi connectivity index (χ4v) is 2.12. The van der Waals surface area contributed by atoms with Crippen LogP contribution in [-0.4, -0.2) is 39.7 Å². The zero-order chi connectivity index (χ0) is 16.6. The summed E-state index contributed by atoms with van der Waals surface area (Å²) in [5.41, 5.74) is 0.957. The molecule has 0 aliphatic heterocycles. The normalized spacial score (nSPS) is 11.0. The van der Waals surface area contributed by atoms with Crippen molar-refractivity contribution >= 4 is 29.9 Å². The summed E-state index contributed by atoms with van der Waals surface area (Å²) in [6.07, 6.45) is 4.07. The molecule has 3 aromatic rings. The van der Waals surface area contributed by atoms with Crippen LogP contribution in [0.4, 0.5) is 0 Å². The number of H-pyrrole nitrogens is 1. The Hall–Kier alpha value is -2.43. The smallest absolute Gasteiger partial charge is 0.216 e. The Morgan fingerprint density at radius 3 is 2.88 bits per heavy atom. The Bertz CT molecular complexity index is 771. The van der Waals surface area contributed by atoms with E-state index in [1.165, 1.54) is 0 Å². The van der Waals surface area contributed by atoms with Crippen LogP contribution in [0.25, 0.3) is 11.6 Å². The summed E-state index contributed by atoms with van der Waals surface area (Å²) in [7, 11) is 1.73. The van der Waals surface area contributed by atoms with Crippen molar-refractivity contribution in [2.75, 3.05) is 13.6 Å². The highest BCUT2D eigenvalue weighted by molar-refractivity contribution is 14.0. The van der Waals surface area contributed by atoms with E-state index in [4.69, 9.17) is 4.42 Å². The first-order valence-electron chi connectivity index (χ1n) is 7.65. The van der Waals surface area contributed by atoms with E-state index in [1.54, 1.807) is 19.5 Å². The molecule has 0 bridgehead atoms. The number of furan rings is 1. The second kappa shape index (κ2) is 9.77. The molecule has 9 heteroatoms. The quantitative estimate of drug-likeness (QED) is 0.300. The van der Waals surface area contributed by atoms with Crippen molar-refractivity contribution < 1.29 is 4.42 Å². The van der Waals surface area contributed by atoms with Gasteiger partial charge in [0, 0.05) is 26.2 Å². The van der Waals surface area contributed by atoms with E-state index in [2.05, 4.69) is 35.8 Å². The van der Waals surface area contributed by atoms with Crippen LogP contribution in [0.1, 0.15) is 11.5 Å². The molecule has 3 aromatic heterocycles. The van der Waals surface area contributed by atoms with Gasteiger partial charge in [0.2, 0.25) is 5.82 Å². The molecule has 0 aliphatic carbocycles. The van der Waals surface area contributed by atoms with Gasteiger partial charge in [-0.25, -0.2) is 4.98 Å². The summed E-state index contributed by atoms with van der Waals surface area (Å²) in [4.78, 5) is 12.8. The third kappa shape index (κ3) is 5.55. The lowest BCUT2D eigenvalue weighted by Crippen LogP contribution is -2.38. The van der Waals surface area contributed by atoms with E-state index in [0.29, 0.717) is 37.1 Å². The fraction of sp³-hybridized carbons (Fsp3) is 0.250. The summed E-state index contributed by atoms with van der Waals surface area (Å²) in [6, 6.07) is 9.45. The average Bonchev–Trinajstić information content (AvgIpc) is 3.30. The molecule has 0 aliphatic rings. The molecule has 0 fully saturated rings. The maximum Gasteiger partial charge on any atom is 0.216 e. The van der Waals surface area contributed by atoms with Gasteiger partial charge in [-0.05, 0) is 24.3 Å². The highest BCUT2D eigenvalue weighted by Crippen LogP contribution is 2.14. The van der Waals surface area contributed by atoms with Gasteiger partial charge in [-0.15, -0.1) is 24.0 Å². The van der Waals surface area contributed by atoms with E-state index in [9.17, 15) is 0 Å². The number of aliphatic imine (C=N–C) groups is 1. The Morgan fingerprint density at radius 2 is 2.16 bits per heavy atom. The molecule has 25 heavy (non-hydrogen) atoms. The van der Waals surface area contributed by atoms with Crippen molar-refractivity contribution in [2.45, 2.75) is 13.0 Å². The van der Waals surface area contributed by atoms with Crippen LogP contribution in [0, 0.1) is 0 Å². The van der Waals surface area contributed by atoms with Crippen molar-refractivity contribution in [3.8, 4) is 11.6 Å². The second-order valence-electron chi connectivity index (χ2n) is 5.01. The maximum absolute atomic E-state index is 5.27. The number of nitrogens with one attached hydrogen (secondary N) is 3. The van der Waals surface area contributed by atoms with Crippen LogP contribution in [0.2, 0.25) is 0 Å². The molecule has 0 aromatic carbocycles. The first-order chi connectivity index (χ1) is 11.8. The highest BCUT2D eigenvalue weighted by atomic mass is 127. The number of pyridine rings is 1. The van der Waals surface area contributed by atoms with Crippen LogP contribution >= 0.6 is 24.0 Å². The SMILES string of the molecule is CN=C(NCCc1nc(-c2ccco2)n[nH]1)NCc1ccccn1.I. The third-order valence-corrected chi connectivity index (χ3v) is 3.31. The van der Waals surface area contributed by atoms with Gasteiger partial charge in [0.05, 0.1) is 18.5 Å². The first kappa shape index (κ1) is 18.9. The predicted octanol–water partition coefficient (Wildman–Crippen LogP) is 1.99. The summed E-state index contributed by atoms with van der Waals surface area (Å²) < 4.78 is 5.27. The number of hydrogen-bond donors (Lipinski definition) is 3. The molecule has 0 saturated heterocycles. The van der Waals surface area contributed by atoms with Gasteiger partial charge in [-0.1, -0.05) is 6.07 Å². The number of aromatic amines is 1. The van der Waals surface area contributed by atoms with Crippen LogP contribution < -0.4 is 10.6 Å². The molecular weight excluding hydrogens is 433 g/mol. The van der Waals surface area contributed by atoms with Crippen molar-refractivity contribution in [3.05, 3.63) is 54.3 Å². The number of hydrogen-bond acceptors (Lipinski definition) is 5. The van der Waals surface area contributed by atoms with Gasteiger partial charge in [0.15, 0.2) is 11.7 Å². The zero-order valence-electron chi connectivity index (χ0n) is 13.8. The van der Waals surface area contributed by atoms with E-state index in [1.807, 2.05) is 30.3 Å². The van der Waals surface area contributed by atoms with E-state index in [0.717, 1.165) is 11.5 Å². The van der Waals surface area contributed by atoms with Crippen LogP contribution in [0.15, 0.2) is 52.2 Å². The van der Waals surface area contributed by atoms with Gasteiger partial charge in [0.25, 0.3) is 0 Å². The molecule has 3 rings (SSSR count). The largest absolute Gasteiger partial charge is 0.461 e. The number of nitrogens with zero attached hydrogens (tertiary/aromatic N) is 4. The Morgan fingerprint density at radius 1 is 1.24 bits per heavy atom. The fourth-order valence-electron chi connectivity index (χ4n) is 2.12. The van der Waals surface area contributed by atoms with Crippen LogP contribution in [-0.2, 0) is 13.0 Å². The molecule has 0 saturated carbocycles. The molecule has 0 unspecified atom stereocenters. The second-order valence-corrected chi connectivity index (χ2v) is 5.01. The maximum atomic E-state index is 5.27. The molecular formula is C16H20IN7O. The van der Waals surface area contributed by atoms with Gasteiger partial charge in [-0.3, -0.25) is 15.1 Å². The summed E-state index contributed by atoms with van der Waals surface area (Å²) >= 11 is 0. The lowest BCUT2D eigenvalue weighted by atomic mass is 10.3. The minimum atomic E-state index is 0. The predicted molar refractivity (Wildman–Crippen MR) is 106 cm³/mol. The Kier molecular flexibility index (Phi) is 7.38. The molecule has 3 N–H and O–H groups in total. The van der Waals surface area contributed by atoms with Crippen molar-refractivity contribution in [3.63, 3.8) is 0 Å². The van der Waals surface area contributed by atoms with Gasteiger partial charge < -0.3 is 15.1 Å². The Balaban J connectivity index is 0.00000225. The lowest BCUT2D eigenvalue weighted by Gasteiger charge is -2.10. The monoisotopic (exact) mass is 453 g/mol. The Labute approximate surface area is 162 Å². The number of guanidine groups is 1. The van der Waals surface area contributed by atoms with Crippen molar-refractivity contribution in [2.24, 2.45) is 4.99 Å². The minimum Gasteiger partial charge on any atom is -0.461 e. The standard InChI is InChI=1S/C16H19N7O.HI/c1-17-16(20-11-12-5-2-3-8-18-12)19-9-7-14-21-15(23-22-14)13-6-4-10-24-13;/h2-6,8,10H,7,9,11H2,1H3,(H2,17,19,20)(H,21,22,23);1H. The number of rotatable bonds is 6. The molecule has 0 atom stereocenters. The van der Waals surface area contributed by atoms with Gasteiger partial charge >= 0.3 is 0 Å². The van der Waals surface area contributed by atoms with Gasteiger partial charge in [0.1, 0.15) is 5.82 Å². The molecule has 132 valence electrons. The van der Waals surface area contributed by atoms with Crippen molar-refractivity contribution in [1.29, 1.82) is 0 Å². The molecule has 8 nitrogen and oxygen atoms in total. The topological polar surface area (TPSA) is 104 Å². The molecule has 0 amide bonds. The van der Waals surface area contributed by atoms with E-state index >= 15 is 0 Å². The molecule has 0 spiro atoms. The van der Waals surface area contributed by atoms with Gasteiger partial charge in [-0.2, -0.15) is 5.10 Å². The molecule has 0 radical (unpaired) electrons. The number of halogens is 1. The first-order valence-corrected chi connectivity index (χ1v) is 7.65. The lowest BCUT2D eigenvalue weighted by molar-refractivity contribution is 0.577. The van der Waals surface area contributed by atoms with Crippen LogP contribution in [0.5, 0.6) is 0 Å². The number of aromatic nitrogens is 4. The third-order valence-electron chi connectivity index (χ3n) is 3.31. The summed E-state index contributed by atoms with van der Waals surface area (Å²) in [5, 5.41) is 13.5. The highest BCUT2D eigenvalue weighted by Gasteiger charge is 2.08. The minimum absolute atomic E-state index is 0.